The minimum Gasteiger partial charge on any atom is -0.493 e. The molecule has 7 heteroatoms. The standard InChI is InChI=1S/C23H31N3O4/c1-24-22(28)19-12-30-23(13-25(19)11-16-4-5-16)14-26(15-23)21(27)10-17-6-7-20-18(9-17)3-2-8-29-20/h6-7,9,16,19H,2-5,8,10-15H2,1H3,(H,24,28). The quantitative estimate of drug-likeness (QED) is 0.780. The molecule has 7 nitrogen and oxygen atoms in total. The van der Waals surface area contributed by atoms with E-state index in [-0.39, 0.29) is 23.5 Å². The average Bonchev–Trinajstić information content (AvgIpc) is 3.55. The van der Waals surface area contributed by atoms with Crippen LogP contribution in [-0.4, -0.2) is 79.7 Å². The van der Waals surface area contributed by atoms with Gasteiger partial charge in [-0.3, -0.25) is 14.5 Å². The number of nitrogens with zero attached hydrogens (tertiary/aromatic N) is 2. The number of ether oxygens (including phenoxy) is 2. The molecule has 1 unspecified atom stereocenters. The van der Waals surface area contributed by atoms with Crippen molar-refractivity contribution in [1.82, 2.24) is 15.1 Å². The van der Waals surface area contributed by atoms with Crippen LogP contribution in [0.3, 0.4) is 0 Å². The fraction of sp³-hybridized carbons (Fsp3) is 0.652. The van der Waals surface area contributed by atoms with Gasteiger partial charge in [-0.1, -0.05) is 12.1 Å². The van der Waals surface area contributed by atoms with Crippen LogP contribution in [0.25, 0.3) is 0 Å². The summed E-state index contributed by atoms with van der Waals surface area (Å²) in [5.41, 5.74) is 1.93. The summed E-state index contributed by atoms with van der Waals surface area (Å²) in [4.78, 5) is 29.3. The normalized spacial score (nSPS) is 25.2. The highest BCUT2D eigenvalue weighted by atomic mass is 16.5. The minimum atomic E-state index is -0.321. The summed E-state index contributed by atoms with van der Waals surface area (Å²) in [6.07, 6.45) is 4.96. The molecule has 1 saturated carbocycles. The lowest BCUT2D eigenvalue weighted by molar-refractivity contribution is -0.204. The van der Waals surface area contributed by atoms with Crippen molar-refractivity contribution in [1.29, 1.82) is 0 Å². The van der Waals surface area contributed by atoms with Gasteiger partial charge in [-0.05, 0) is 48.8 Å². The summed E-state index contributed by atoms with van der Waals surface area (Å²) in [5, 5.41) is 2.76. The Kier molecular flexibility index (Phi) is 5.19. The molecule has 3 fully saturated rings. The molecule has 0 bridgehead atoms. The number of amides is 2. The first kappa shape index (κ1) is 19.8. The van der Waals surface area contributed by atoms with Crippen molar-refractivity contribution < 1.29 is 19.1 Å². The first-order valence-electron chi connectivity index (χ1n) is 11.2. The molecule has 2 amide bonds. The van der Waals surface area contributed by atoms with E-state index in [4.69, 9.17) is 9.47 Å². The van der Waals surface area contributed by atoms with Crippen LogP contribution < -0.4 is 10.1 Å². The smallest absolute Gasteiger partial charge is 0.239 e. The topological polar surface area (TPSA) is 71.1 Å². The molecule has 1 spiro atoms. The number of carbonyl (C=O) groups excluding carboxylic acids is 2. The number of likely N-dealkylation sites (tertiary alicyclic amines) is 1. The summed E-state index contributed by atoms with van der Waals surface area (Å²) < 4.78 is 11.8. The number of rotatable bonds is 5. The lowest BCUT2D eigenvalue weighted by atomic mass is 9.89. The maximum atomic E-state index is 12.8. The Morgan fingerprint density at radius 1 is 1.23 bits per heavy atom. The van der Waals surface area contributed by atoms with E-state index in [2.05, 4.69) is 16.3 Å². The van der Waals surface area contributed by atoms with Gasteiger partial charge in [0.25, 0.3) is 0 Å². The Morgan fingerprint density at radius 2 is 2.07 bits per heavy atom. The van der Waals surface area contributed by atoms with Crippen molar-refractivity contribution >= 4 is 11.8 Å². The van der Waals surface area contributed by atoms with Gasteiger partial charge in [0.1, 0.15) is 17.4 Å². The van der Waals surface area contributed by atoms with Crippen molar-refractivity contribution in [3.8, 4) is 5.75 Å². The lowest BCUT2D eigenvalue weighted by Crippen LogP contribution is -2.73. The number of benzene rings is 1. The molecule has 30 heavy (non-hydrogen) atoms. The second kappa shape index (κ2) is 7.85. The number of morpholine rings is 1. The number of aryl methyl sites for hydroxylation is 1. The average molecular weight is 414 g/mol. The molecule has 1 aliphatic carbocycles. The predicted molar refractivity (Wildman–Crippen MR) is 111 cm³/mol. The van der Waals surface area contributed by atoms with Crippen LogP contribution in [0.2, 0.25) is 0 Å². The van der Waals surface area contributed by atoms with Crippen molar-refractivity contribution in [2.75, 3.05) is 46.4 Å². The molecule has 2 saturated heterocycles. The van der Waals surface area contributed by atoms with Crippen LogP contribution in [0.15, 0.2) is 18.2 Å². The van der Waals surface area contributed by atoms with E-state index in [1.165, 1.54) is 18.4 Å². The number of carbonyl (C=O) groups is 2. The maximum absolute atomic E-state index is 12.8. The highest BCUT2D eigenvalue weighted by molar-refractivity contribution is 5.82. The molecule has 0 aromatic heterocycles. The van der Waals surface area contributed by atoms with Gasteiger partial charge in [0.2, 0.25) is 11.8 Å². The Morgan fingerprint density at radius 3 is 2.83 bits per heavy atom. The number of likely N-dealkylation sites (N-methyl/N-ethyl adjacent to an activating group) is 1. The van der Waals surface area contributed by atoms with Crippen molar-refractivity contribution in [3.63, 3.8) is 0 Å². The molecule has 4 aliphatic rings. The summed E-state index contributed by atoms with van der Waals surface area (Å²) in [7, 11) is 1.68. The van der Waals surface area contributed by atoms with Crippen LogP contribution in [0.4, 0.5) is 0 Å². The molecule has 1 aromatic carbocycles. The summed E-state index contributed by atoms with van der Waals surface area (Å²) in [6.45, 7) is 4.08. The van der Waals surface area contributed by atoms with E-state index < -0.39 is 0 Å². The van der Waals surface area contributed by atoms with Gasteiger partial charge in [-0.15, -0.1) is 0 Å². The van der Waals surface area contributed by atoms with E-state index in [9.17, 15) is 9.59 Å². The van der Waals surface area contributed by atoms with E-state index in [1.54, 1.807) is 7.05 Å². The number of hydrogen-bond donors (Lipinski definition) is 1. The lowest BCUT2D eigenvalue weighted by Gasteiger charge is -2.55. The van der Waals surface area contributed by atoms with Crippen LogP contribution >= 0.6 is 0 Å². The first-order valence-corrected chi connectivity index (χ1v) is 11.2. The second-order valence-electron chi connectivity index (χ2n) is 9.32. The van der Waals surface area contributed by atoms with E-state index in [1.807, 2.05) is 17.0 Å². The number of nitrogens with one attached hydrogen (secondary N) is 1. The molecule has 1 atom stereocenters. The third kappa shape index (κ3) is 3.93. The van der Waals surface area contributed by atoms with E-state index >= 15 is 0 Å². The van der Waals surface area contributed by atoms with E-state index in [0.29, 0.717) is 32.0 Å². The number of hydrogen-bond acceptors (Lipinski definition) is 5. The Balaban J connectivity index is 1.18. The van der Waals surface area contributed by atoms with Crippen molar-refractivity contribution in [2.45, 2.75) is 43.7 Å². The zero-order valence-corrected chi connectivity index (χ0v) is 17.7. The number of fused-ring (bicyclic) bond motifs is 1. The van der Waals surface area contributed by atoms with E-state index in [0.717, 1.165) is 43.9 Å². The van der Waals surface area contributed by atoms with Crippen LogP contribution in [0.1, 0.15) is 30.4 Å². The van der Waals surface area contributed by atoms with Gasteiger partial charge in [0.05, 0.1) is 32.7 Å². The minimum absolute atomic E-state index is 0.0224. The van der Waals surface area contributed by atoms with Crippen LogP contribution in [0, 0.1) is 5.92 Å². The summed E-state index contributed by atoms with van der Waals surface area (Å²) in [5.74, 6) is 1.83. The van der Waals surface area contributed by atoms with Gasteiger partial charge in [-0.2, -0.15) is 0 Å². The SMILES string of the molecule is CNC(=O)C1COC2(CN(C(=O)Cc3ccc4c(c3)CCCO4)C2)CN1CC1CC1. The Bertz CT molecular complexity index is 832. The zero-order valence-electron chi connectivity index (χ0n) is 17.7. The molecule has 1 aromatic rings. The van der Waals surface area contributed by atoms with Crippen LogP contribution in [-0.2, 0) is 27.2 Å². The third-order valence-electron chi connectivity index (χ3n) is 6.86. The molecular formula is C23H31N3O4. The second-order valence-corrected chi connectivity index (χ2v) is 9.32. The predicted octanol–water partition coefficient (Wildman–Crippen LogP) is 0.992. The maximum Gasteiger partial charge on any atom is 0.239 e. The fourth-order valence-electron chi connectivity index (χ4n) is 4.95. The van der Waals surface area contributed by atoms with Gasteiger partial charge in [-0.25, -0.2) is 0 Å². The largest absolute Gasteiger partial charge is 0.493 e. The molecule has 3 aliphatic heterocycles. The first-order chi connectivity index (χ1) is 14.5. The molecular weight excluding hydrogens is 382 g/mol. The molecule has 0 radical (unpaired) electrons. The van der Waals surface area contributed by atoms with Gasteiger partial charge < -0.3 is 19.7 Å². The zero-order chi connectivity index (χ0) is 20.7. The van der Waals surface area contributed by atoms with Crippen molar-refractivity contribution in [3.05, 3.63) is 29.3 Å². The van der Waals surface area contributed by atoms with Gasteiger partial charge in [0.15, 0.2) is 0 Å². The molecule has 5 rings (SSSR count). The molecule has 1 N–H and O–H groups in total. The van der Waals surface area contributed by atoms with Gasteiger partial charge in [0, 0.05) is 20.1 Å². The Hall–Kier alpha value is -2.12. The molecule has 162 valence electrons. The third-order valence-corrected chi connectivity index (χ3v) is 6.86. The molecule has 3 heterocycles. The van der Waals surface area contributed by atoms with Gasteiger partial charge >= 0.3 is 0 Å². The van der Waals surface area contributed by atoms with Crippen LogP contribution in [0.5, 0.6) is 5.75 Å². The fourth-order valence-corrected chi connectivity index (χ4v) is 4.95. The Labute approximate surface area is 177 Å². The summed E-state index contributed by atoms with van der Waals surface area (Å²) in [6, 6.07) is 5.89. The highest BCUT2D eigenvalue weighted by Crippen LogP contribution is 2.36. The monoisotopic (exact) mass is 413 g/mol. The summed E-state index contributed by atoms with van der Waals surface area (Å²) >= 11 is 0. The highest BCUT2D eigenvalue weighted by Gasteiger charge is 2.52. The van der Waals surface area contributed by atoms with Crippen molar-refractivity contribution in [2.24, 2.45) is 5.92 Å².